The van der Waals surface area contributed by atoms with Gasteiger partial charge in [-0.3, -0.25) is 4.79 Å². The van der Waals surface area contributed by atoms with Crippen molar-refractivity contribution in [3.63, 3.8) is 0 Å². The highest BCUT2D eigenvalue weighted by atomic mass is 16.5. The molecule has 0 aliphatic carbocycles. The molecule has 0 amide bonds. The van der Waals surface area contributed by atoms with Crippen molar-refractivity contribution in [1.82, 2.24) is 0 Å². The molecule has 0 heterocycles. The number of hydrogen-bond donors (Lipinski definition) is 1. The molecule has 0 unspecified atom stereocenters. The fourth-order valence-corrected chi connectivity index (χ4v) is 1.45. The van der Waals surface area contributed by atoms with Gasteiger partial charge in [0.25, 0.3) is 0 Å². The maximum atomic E-state index is 10.8. The first-order valence-electron chi connectivity index (χ1n) is 5.14. The third-order valence-electron chi connectivity index (χ3n) is 2.36. The van der Waals surface area contributed by atoms with Gasteiger partial charge in [0.15, 0.2) is 0 Å². The molecular formula is C12H17NO2. The molecule has 0 atom stereocenters. The lowest BCUT2D eigenvalue weighted by Gasteiger charge is -2.04. The lowest BCUT2D eigenvalue weighted by molar-refractivity contribution is -0.140. The van der Waals surface area contributed by atoms with Crippen LogP contribution in [0.3, 0.4) is 0 Å². The minimum absolute atomic E-state index is 0.143. The maximum Gasteiger partial charge on any atom is 0.305 e. The molecular weight excluding hydrogens is 190 g/mol. The number of methoxy groups -OCH3 is 1. The minimum atomic E-state index is -0.143. The van der Waals surface area contributed by atoms with E-state index in [1.165, 1.54) is 7.11 Å². The van der Waals surface area contributed by atoms with Crippen LogP contribution in [0.1, 0.15) is 24.8 Å². The Labute approximate surface area is 90.2 Å². The lowest BCUT2D eigenvalue weighted by Crippen LogP contribution is -2.00. The van der Waals surface area contributed by atoms with Crippen LogP contribution >= 0.6 is 0 Å². The number of benzene rings is 1. The number of aryl methyl sites for hydroxylation is 1. The number of carbonyl (C=O) groups is 1. The molecule has 2 N–H and O–H groups in total. The minimum Gasteiger partial charge on any atom is -0.469 e. The van der Waals surface area contributed by atoms with E-state index < -0.39 is 0 Å². The van der Waals surface area contributed by atoms with Gasteiger partial charge in [0, 0.05) is 12.1 Å². The zero-order valence-corrected chi connectivity index (χ0v) is 9.03. The van der Waals surface area contributed by atoms with Crippen molar-refractivity contribution < 1.29 is 9.53 Å². The molecule has 3 heteroatoms. The summed E-state index contributed by atoms with van der Waals surface area (Å²) in [6.07, 6.45) is 3.22. The second kappa shape index (κ2) is 6.06. The Morgan fingerprint density at radius 1 is 1.33 bits per heavy atom. The van der Waals surface area contributed by atoms with Gasteiger partial charge in [-0.05, 0) is 30.9 Å². The molecule has 0 saturated heterocycles. The molecule has 0 aliphatic rings. The molecule has 82 valence electrons. The first kappa shape index (κ1) is 11.6. The normalized spacial score (nSPS) is 9.93. The number of carbonyl (C=O) groups excluding carboxylic acids is 1. The molecule has 0 radical (unpaired) electrons. The summed E-state index contributed by atoms with van der Waals surface area (Å²) < 4.78 is 4.56. The zero-order chi connectivity index (χ0) is 11.1. The first-order chi connectivity index (χ1) is 7.24. The number of unbranched alkanes of at least 4 members (excludes halogenated alkanes) is 1. The number of esters is 1. The van der Waals surface area contributed by atoms with E-state index in [9.17, 15) is 4.79 Å². The molecule has 1 rings (SSSR count). The summed E-state index contributed by atoms with van der Waals surface area (Å²) in [4.78, 5) is 10.8. The second-order valence-electron chi connectivity index (χ2n) is 3.48. The van der Waals surface area contributed by atoms with E-state index in [4.69, 9.17) is 5.73 Å². The number of para-hydroxylation sites is 1. The van der Waals surface area contributed by atoms with Crippen LogP contribution in [0.25, 0.3) is 0 Å². The fourth-order valence-electron chi connectivity index (χ4n) is 1.45. The van der Waals surface area contributed by atoms with Crippen LogP contribution in [-0.2, 0) is 16.0 Å². The van der Waals surface area contributed by atoms with Gasteiger partial charge in [0.2, 0.25) is 0 Å². The topological polar surface area (TPSA) is 52.3 Å². The zero-order valence-electron chi connectivity index (χ0n) is 9.03. The van der Waals surface area contributed by atoms with Gasteiger partial charge in [-0.2, -0.15) is 0 Å². The standard InChI is InChI=1S/C12H17NO2/c1-15-12(14)9-5-3-7-10-6-2-4-8-11(10)13/h2,4,6,8H,3,5,7,9,13H2,1H3. The number of ether oxygens (including phenoxy) is 1. The van der Waals surface area contributed by atoms with Crippen LogP contribution in [0.2, 0.25) is 0 Å². The molecule has 0 aromatic heterocycles. The van der Waals surface area contributed by atoms with Gasteiger partial charge in [-0.1, -0.05) is 18.2 Å². The number of nitrogen functional groups attached to an aromatic ring is 1. The van der Waals surface area contributed by atoms with Crippen molar-refractivity contribution in [2.45, 2.75) is 25.7 Å². The van der Waals surface area contributed by atoms with E-state index in [1.54, 1.807) is 0 Å². The summed E-state index contributed by atoms with van der Waals surface area (Å²) in [5, 5.41) is 0. The number of rotatable bonds is 5. The van der Waals surface area contributed by atoms with Crippen LogP contribution in [0.15, 0.2) is 24.3 Å². The average molecular weight is 207 g/mol. The predicted molar refractivity (Wildman–Crippen MR) is 60.4 cm³/mol. The van der Waals surface area contributed by atoms with Gasteiger partial charge in [-0.15, -0.1) is 0 Å². The molecule has 3 nitrogen and oxygen atoms in total. The van der Waals surface area contributed by atoms with E-state index in [1.807, 2.05) is 24.3 Å². The van der Waals surface area contributed by atoms with Crippen LogP contribution in [0, 0.1) is 0 Å². The summed E-state index contributed by atoms with van der Waals surface area (Å²) in [5.74, 6) is -0.143. The van der Waals surface area contributed by atoms with E-state index in [-0.39, 0.29) is 5.97 Å². The van der Waals surface area contributed by atoms with Gasteiger partial charge in [0.1, 0.15) is 0 Å². The van der Waals surface area contributed by atoms with E-state index >= 15 is 0 Å². The third-order valence-corrected chi connectivity index (χ3v) is 2.36. The Bertz CT molecular complexity index is 323. The molecule has 0 spiro atoms. The van der Waals surface area contributed by atoms with Crippen molar-refractivity contribution in [2.24, 2.45) is 0 Å². The Hall–Kier alpha value is -1.51. The first-order valence-corrected chi connectivity index (χ1v) is 5.14. The van der Waals surface area contributed by atoms with Crippen LogP contribution in [0.4, 0.5) is 5.69 Å². The molecule has 0 fully saturated rings. The molecule has 1 aromatic rings. The summed E-state index contributed by atoms with van der Waals surface area (Å²) >= 11 is 0. The summed E-state index contributed by atoms with van der Waals surface area (Å²) in [6.45, 7) is 0. The number of anilines is 1. The lowest BCUT2D eigenvalue weighted by atomic mass is 10.1. The predicted octanol–water partition coefficient (Wildman–Crippen LogP) is 2.15. The third kappa shape index (κ3) is 4.02. The molecule has 0 bridgehead atoms. The van der Waals surface area contributed by atoms with Crippen LogP contribution < -0.4 is 5.73 Å². The molecule has 0 saturated carbocycles. The quantitative estimate of drug-likeness (QED) is 0.457. The monoisotopic (exact) mass is 207 g/mol. The van der Waals surface area contributed by atoms with Gasteiger partial charge < -0.3 is 10.5 Å². The fraction of sp³-hybridized carbons (Fsp3) is 0.417. The van der Waals surface area contributed by atoms with Crippen molar-refractivity contribution >= 4 is 11.7 Å². The highest BCUT2D eigenvalue weighted by Crippen LogP contribution is 2.14. The largest absolute Gasteiger partial charge is 0.469 e. The van der Waals surface area contributed by atoms with E-state index in [0.29, 0.717) is 6.42 Å². The Morgan fingerprint density at radius 2 is 2.07 bits per heavy atom. The Kier molecular flexibility index (Phi) is 4.68. The SMILES string of the molecule is COC(=O)CCCCc1ccccc1N. The Balaban J connectivity index is 2.26. The van der Waals surface area contributed by atoms with Crippen molar-refractivity contribution in [2.75, 3.05) is 12.8 Å². The van der Waals surface area contributed by atoms with Gasteiger partial charge in [-0.25, -0.2) is 0 Å². The smallest absolute Gasteiger partial charge is 0.305 e. The van der Waals surface area contributed by atoms with Gasteiger partial charge >= 0.3 is 5.97 Å². The average Bonchev–Trinajstić information content (AvgIpc) is 2.26. The second-order valence-corrected chi connectivity index (χ2v) is 3.48. The maximum absolute atomic E-state index is 10.8. The molecule has 15 heavy (non-hydrogen) atoms. The van der Waals surface area contributed by atoms with E-state index in [0.717, 1.165) is 30.5 Å². The van der Waals surface area contributed by atoms with E-state index in [2.05, 4.69) is 4.74 Å². The number of nitrogens with two attached hydrogens (primary N) is 1. The summed E-state index contributed by atoms with van der Waals surface area (Å²) in [6, 6.07) is 7.82. The Morgan fingerprint density at radius 3 is 2.73 bits per heavy atom. The number of hydrogen-bond acceptors (Lipinski definition) is 3. The van der Waals surface area contributed by atoms with Crippen molar-refractivity contribution in [3.05, 3.63) is 29.8 Å². The van der Waals surface area contributed by atoms with Crippen molar-refractivity contribution in [1.29, 1.82) is 0 Å². The van der Waals surface area contributed by atoms with Crippen LogP contribution in [0.5, 0.6) is 0 Å². The highest BCUT2D eigenvalue weighted by molar-refractivity contribution is 5.69. The van der Waals surface area contributed by atoms with Crippen molar-refractivity contribution in [3.8, 4) is 0 Å². The van der Waals surface area contributed by atoms with Gasteiger partial charge in [0.05, 0.1) is 7.11 Å². The molecule has 1 aromatic carbocycles. The van der Waals surface area contributed by atoms with Crippen LogP contribution in [-0.4, -0.2) is 13.1 Å². The molecule has 0 aliphatic heterocycles. The summed E-state index contributed by atoms with van der Waals surface area (Å²) in [5.41, 5.74) is 7.78. The highest BCUT2D eigenvalue weighted by Gasteiger charge is 2.01. The summed E-state index contributed by atoms with van der Waals surface area (Å²) in [7, 11) is 1.41.